The van der Waals surface area contributed by atoms with Gasteiger partial charge in [-0.2, -0.15) is 0 Å². The van der Waals surface area contributed by atoms with Crippen LogP contribution in [-0.4, -0.2) is 26.5 Å². The minimum atomic E-state index is -0.122. The van der Waals surface area contributed by atoms with Crippen LogP contribution in [0.1, 0.15) is 25.8 Å². The molecule has 0 aliphatic carbocycles. The fourth-order valence-corrected chi connectivity index (χ4v) is 2.18. The van der Waals surface area contributed by atoms with E-state index in [1.807, 2.05) is 38.1 Å². The zero-order valence-corrected chi connectivity index (χ0v) is 13.2. The molecule has 0 aliphatic heterocycles. The first-order valence-corrected chi connectivity index (χ1v) is 7.14. The lowest BCUT2D eigenvalue weighted by Gasteiger charge is -2.19. The normalized spacial score (nSPS) is 12.3. The van der Waals surface area contributed by atoms with Gasteiger partial charge in [0.15, 0.2) is 0 Å². The molecular formula is C16H27N3O. The first-order chi connectivity index (χ1) is 9.35. The summed E-state index contributed by atoms with van der Waals surface area (Å²) in [5.41, 5.74) is 8.76. The van der Waals surface area contributed by atoms with Crippen LogP contribution in [0.2, 0.25) is 0 Å². The van der Waals surface area contributed by atoms with E-state index in [0.717, 1.165) is 23.4 Å². The van der Waals surface area contributed by atoms with Crippen molar-refractivity contribution in [2.24, 2.45) is 17.6 Å². The second kappa shape index (κ2) is 7.29. The van der Waals surface area contributed by atoms with Gasteiger partial charge >= 0.3 is 0 Å². The van der Waals surface area contributed by atoms with Crippen LogP contribution in [0.4, 0.5) is 11.4 Å². The number of amides is 1. The molecule has 112 valence electrons. The van der Waals surface area contributed by atoms with Gasteiger partial charge in [0.05, 0.1) is 5.92 Å². The zero-order chi connectivity index (χ0) is 15.3. The van der Waals surface area contributed by atoms with Gasteiger partial charge in [-0.05, 0) is 43.0 Å². The molecule has 1 atom stereocenters. The Morgan fingerprint density at radius 1 is 1.35 bits per heavy atom. The lowest BCUT2D eigenvalue weighted by molar-refractivity contribution is -0.120. The fraction of sp³-hybridized carbons (Fsp3) is 0.562. The van der Waals surface area contributed by atoms with Crippen LogP contribution in [0.5, 0.6) is 0 Å². The van der Waals surface area contributed by atoms with Gasteiger partial charge in [-0.3, -0.25) is 4.79 Å². The van der Waals surface area contributed by atoms with Crippen LogP contribution in [0.3, 0.4) is 0 Å². The Morgan fingerprint density at radius 2 is 2.00 bits per heavy atom. The third-order valence-corrected chi connectivity index (χ3v) is 3.40. The number of carbonyl (C=O) groups excluding carboxylic acids is 1. The molecule has 1 unspecified atom stereocenters. The fourth-order valence-electron chi connectivity index (χ4n) is 2.18. The van der Waals surface area contributed by atoms with Crippen molar-refractivity contribution in [2.45, 2.75) is 27.2 Å². The lowest BCUT2D eigenvalue weighted by atomic mass is 9.96. The molecule has 0 spiro atoms. The van der Waals surface area contributed by atoms with Gasteiger partial charge in [-0.1, -0.05) is 13.8 Å². The number of nitrogens with one attached hydrogen (secondary N) is 1. The minimum absolute atomic E-state index is 0.0157. The van der Waals surface area contributed by atoms with Crippen LogP contribution in [-0.2, 0) is 4.79 Å². The quantitative estimate of drug-likeness (QED) is 0.840. The molecule has 0 aromatic heterocycles. The van der Waals surface area contributed by atoms with E-state index in [1.54, 1.807) is 0 Å². The van der Waals surface area contributed by atoms with Crippen molar-refractivity contribution in [3.05, 3.63) is 23.8 Å². The number of nitrogens with zero attached hydrogens (tertiary/aromatic N) is 1. The van der Waals surface area contributed by atoms with E-state index in [9.17, 15) is 4.79 Å². The van der Waals surface area contributed by atoms with Crippen molar-refractivity contribution in [1.29, 1.82) is 0 Å². The van der Waals surface area contributed by atoms with Gasteiger partial charge in [0.1, 0.15) is 0 Å². The van der Waals surface area contributed by atoms with Crippen LogP contribution in [0.15, 0.2) is 18.2 Å². The SMILES string of the molecule is Cc1cc(N(C)C)ccc1NC(=O)C(CN)CC(C)C. The Labute approximate surface area is 122 Å². The highest BCUT2D eigenvalue weighted by molar-refractivity contribution is 5.93. The molecular weight excluding hydrogens is 250 g/mol. The molecule has 3 N–H and O–H groups in total. The van der Waals surface area contributed by atoms with Crippen molar-refractivity contribution in [3.8, 4) is 0 Å². The summed E-state index contributed by atoms with van der Waals surface area (Å²) in [6.45, 7) is 6.60. The van der Waals surface area contributed by atoms with Crippen LogP contribution in [0, 0.1) is 18.8 Å². The summed E-state index contributed by atoms with van der Waals surface area (Å²) in [5.74, 6) is 0.358. The van der Waals surface area contributed by atoms with Gasteiger partial charge in [0.2, 0.25) is 5.91 Å². The smallest absolute Gasteiger partial charge is 0.228 e. The van der Waals surface area contributed by atoms with Gasteiger partial charge in [-0.15, -0.1) is 0 Å². The molecule has 4 nitrogen and oxygen atoms in total. The van der Waals surface area contributed by atoms with Gasteiger partial charge in [0, 0.05) is 32.0 Å². The molecule has 20 heavy (non-hydrogen) atoms. The number of nitrogens with two attached hydrogens (primary N) is 1. The van der Waals surface area contributed by atoms with E-state index in [4.69, 9.17) is 5.73 Å². The summed E-state index contributed by atoms with van der Waals surface area (Å²) in [6, 6.07) is 6.02. The topological polar surface area (TPSA) is 58.4 Å². The van der Waals surface area contributed by atoms with Gasteiger partial charge in [-0.25, -0.2) is 0 Å². The van der Waals surface area contributed by atoms with E-state index in [1.165, 1.54) is 0 Å². The maximum Gasteiger partial charge on any atom is 0.228 e. The Bertz CT molecular complexity index is 455. The monoisotopic (exact) mass is 277 g/mol. The van der Waals surface area contributed by atoms with Crippen LogP contribution >= 0.6 is 0 Å². The summed E-state index contributed by atoms with van der Waals surface area (Å²) in [6.07, 6.45) is 0.817. The number of rotatable bonds is 6. The molecule has 1 amide bonds. The molecule has 1 aromatic rings. The predicted molar refractivity (Wildman–Crippen MR) is 86.1 cm³/mol. The lowest BCUT2D eigenvalue weighted by Crippen LogP contribution is -2.30. The summed E-state index contributed by atoms with van der Waals surface area (Å²) in [4.78, 5) is 14.3. The molecule has 0 aliphatic rings. The second-order valence-electron chi connectivity index (χ2n) is 5.95. The number of anilines is 2. The molecule has 0 saturated carbocycles. The van der Waals surface area contributed by atoms with Crippen LogP contribution in [0.25, 0.3) is 0 Å². The Kier molecular flexibility index (Phi) is 6.02. The summed E-state index contributed by atoms with van der Waals surface area (Å²) in [5, 5.41) is 3.00. The van der Waals surface area contributed by atoms with Crippen molar-refractivity contribution in [2.75, 3.05) is 30.9 Å². The largest absolute Gasteiger partial charge is 0.378 e. The number of carbonyl (C=O) groups is 1. The predicted octanol–water partition coefficient (Wildman–Crippen LogP) is 2.62. The van der Waals surface area contributed by atoms with E-state index in [2.05, 4.69) is 25.2 Å². The number of hydrogen-bond acceptors (Lipinski definition) is 3. The van der Waals surface area contributed by atoms with Crippen LogP contribution < -0.4 is 16.0 Å². The molecule has 4 heteroatoms. The van der Waals surface area contributed by atoms with Gasteiger partial charge in [0.25, 0.3) is 0 Å². The average molecular weight is 277 g/mol. The molecule has 0 fully saturated rings. The third-order valence-electron chi connectivity index (χ3n) is 3.40. The summed E-state index contributed by atoms with van der Waals surface area (Å²) < 4.78 is 0. The highest BCUT2D eigenvalue weighted by Gasteiger charge is 2.18. The molecule has 0 bridgehead atoms. The Hall–Kier alpha value is -1.55. The average Bonchev–Trinajstić information content (AvgIpc) is 2.37. The molecule has 0 saturated heterocycles. The molecule has 0 radical (unpaired) electrons. The standard InChI is InChI=1S/C16H27N3O/c1-11(2)8-13(10-17)16(20)18-15-7-6-14(19(4)5)9-12(15)3/h6-7,9,11,13H,8,10,17H2,1-5H3,(H,18,20). The number of aryl methyl sites for hydroxylation is 1. The second-order valence-corrected chi connectivity index (χ2v) is 5.95. The maximum atomic E-state index is 12.2. The van der Waals surface area contributed by atoms with E-state index < -0.39 is 0 Å². The molecule has 1 rings (SSSR count). The number of benzene rings is 1. The number of hydrogen-bond donors (Lipinski definition) is 2. The van der Waals surface area contributed by atoms with E-state index >= 15 is 0 Å². The Balaban J connectivity index is 2.79. The first kappa shape index (κ1) is 16.5. The van der Waals surface area contributed by atoms with Crippen molar-refractivity contribution in [3.63, 3.8) is 0 Å². The van der Waals surface area contributed by atoms with Gasteiger partial charge < -0.3 is 16.0 Å². The summed E-state index contributed by atoms with van der Waals surface area (Å²) >= 11 is 0. The third kappa shape index (κ3) is 4.53. The van der Waals surface area contributed by atoms with E-state index in [-0.39, 0.29) is 11.8 Å². The van der Waals surface area contributed by atoms with E-state index in [0.29, 0.717) is 12.5 Å². The Morgan fingerprint density at radius 3 is 2.45 bits per heavy atom. The van der Waals surface area contributed by atoms with Crippen molar-refractivity contribution in [1.82, 2.24) is 0 Å². The van der Waals surface area contributed by atoms with Crippen molar-refractivity contribution < 1.29 is 4.79 Å². The summed E-state index contributed by atoms with van der Waals surface area (Å²) in [7, 11) is 4.00. The molecule has 0 heterocycles. The van der Waals surface area contributed by atoms with Crippen molar-refractivity contribution >= 4 is 17.3 Å². The highest BCUT2D eigenvalue weighted by Crippen LogP contribution is 2.22. The highest BCUT2D eigenvalue weighted by atomic mass is 16.1. The minimum Gasteiger partial charge on any atom is -0.378 e. The molecule has 1 aromatic carbocycles. The maximum absolute atomic E-state index is 12.2. The first-order valence-electron chi connectivity index (χ1n) is 7.14. The zero-order valence-electron chi connectivity index (χ0n) is 13.2.